The number of fused-ring (bicyclic) bond motifs is 1. The summed E-state index contributed by atoms with van der Waals surface area (Å²) in [5, 5.41) is 0. The molecular weight excluding hydrogens is 212 g/mol. The van der Waals surface area contributed by atoms with Gasteiger partial charge in [-0.3, -0.25) is 0 Å². The fourth-order valence-corrected chi connectivity index (χ4v) is 1.88. The van der Waals surface area contributed by atoms with Crippen molar-refractivity contribution in [3.05, 3.63) is 29.1 Å². The molecule has 1 aromatic heterocycles. The molecule has 0 bridgehead atoms. The van der Waals surface area contributed by atoms with E-state index in [2.05, 4.69) is 35.9 Å². The molecule has 2 rings (SSSR count). The molecule has 0 radical (unpaired) electrons. The second-order valence-corrected chi connectivity index (χ2v) is 5.56. The molecule has 3 heteroatoms. The molecule has 0 aliphatic carbocycles. The van der Waals surface area contributed by atoms with Crippen molar-refractivity contribution in [3.63, 3.8) is 0 Å². The van der Waals surface area contributed by atoms with Gasteiger partial charge in [0.2, 0.25) is 0 Å². The summed E-state index contributed by atoms with van der Waals surface area (Å²) in [5.74, 6) is 0.892. The van der Waals surface area contributed by atoms with Crippen molar-refractivity contribution in [1.29, 1.82) is 0 Å². The van der Waals surface area contributed by atoms with Crippen LogP contribution in [0.15, 0.2) is 12.1 Å². The lowest BCUT2D eigenvalue weighted by Gasteiger charge is -2.18. The molecule has 0 spiro atoms. The van der Waals surface area contributed by atoms with Gasteiger partial charge in [-0.15, -0.1) is 0 Å². The van der Waals surface area contributed by atoms with Crippen LogP contribution in [0.2, 0.25) is 0 Å². The SMILES string of the molecule is Cc1cc(C)c2nc(COC(C)(C)C)[nH]c2c1. The van der Waals surface area contributed by atoms with Crippen LogP contribution in [0.5, 0.6) is 0 Å². The average Bonchev–Trinajstić information content (AvgIpc) is 2.56. The standard InChI is InChI=1S/C14H20N2O/c1-9-6-10(2)13-11(7-9)15-12(16-13)8-17-14(3,4)5/h6-7H,8H2,1-5H3,(H,15,16). The van der Waals surface area contributed by atoms with Gasteiger partial charge in [0, 0.05) is 0 Å². The van der Waals surface area contributed by atoms with Crippen LogP contribution >= 0.6 is 0 Å². The molecule has 0 saturated heterocycles. The molecule has 0 saturated carbocycles. The van der Waals surface area contributed by atoms with Gasteiger partial charge in [-0.1, -0.05) is 6.07 Å². The number of aryl methyl sites for hydroxylation is 2. The van der Waals surface area contributed by atoms with Gasteiger partial charge in [-0.2, -0.15) is 0 Å². The number of aromatic amines is 1. The molecule has 17 heavy (non-hydrogen) atoms. The van der Waals surface area contributed by atoms with Crippen molar-refractivity contribution in [2.24, 2.45) is 0 Å². The Morgan fingerprint density at radius 3 is 2.59 bits per heavy atom. The Balaban J connectivity index is 2.29. The predicted molar refractivity (Wildman–Crippen MR) is 70.1 cm³/mol. The van der Waals surface area contributed by atoms with Crippen molar-refractivity contribution in [2.75, 3.05) is 0 Å². The summed E-state index contributed by atoms with van der Waals surface area (Å²) >= 11 is 0. The Morgan fingerprint density at radius 2 is 1.94 bits per heavy atom. The lowest BCUT2D eigenvalue weighted by molar-refractivity contribution is -0.0177. The maximum absolute atomic E-state index is 5.72. The molecule has 3 nitrogen and oxygen atoms in total. The number of aromatic nitrogens is 2. The van der Waals surface area contributed by atoms with Crippen LogP contribution in [0.4, 0.5) is 0 Å². The first-order chi connectivity index (χ1) is 7.85. The van der Waals surface area contributed by atoms with E-state index in [0.717, 1.165) is 16.9 Å². The van der Waals surface area contributed by atoms with Gasteiger partial charge in [0.15, 0.2) is 0 Å². The quantitative estimate of drug-likeness (QED) is 0.860. The van der Waals surface area contributed by atoms with Gasteiger partial charge in [-0.05, 0) is 51.8 Å². The molecule has 0 aliphatic rings. The molecule has 1 heterocycles. The van der Waals surface area contributed by atoms with Crippen LogP contribution in [0, 0.1) is 13.8 Å². The molecule has 92 valence electrons. The average molecular weight is 232 g/mol. The third-order valence-electron chi connectivity index (χ3n) is 2.61. The van der Waals surface area contributed by atoms with Gasteiger partial charge in [-0.25, -0.2) is 4.98 Å². The van der Waals surface area contributed by atoms with Crippen molar-refractivity contribution in [3.8, 4) is 0 Å². The first-order valence-electron chi connectivity index (χ1n) is 5.95. The highest BCUT2D eigenvalue weighted by molar-refractivity contribution is 5.79. The minimum absolute atomic E-state index is 0.135. The maximum atomic E-state index is 5.72. The smallest absolute Gasteiger partial charge is 0.133 e. The predicted octanol–water partition coefficient (Wildman–Crippen LogP) is 3.49. The second-order valence-electron chi connectivity index (χ2n) is 5.56. The van der Waals surface area contributed by atoms with Crippen LogP contribution in [-0.4, -0.2) is 15.6 Å². The number of nitrogens with one attached hydrogen (secondary N) is 1. The van der Waals surface area contributed by atoms with E-state index in [9.17, 15) is 0 Å². The van der Waals surface area contributed by atoms with E-state index < -0.39 is 0 Å². The van der Waals surface area contributed by atoms with E-state index in [1.54, 1.807) is 0 Å². The molecule has 2 aromatic rings. The lowest BCUT2D eigenvalue weighted by Crippen LogP contribution is -2.19. The third kappa shape index (κ3) is 2.86. The summed E-state index contributed by atoms with van der Waals surface area (Å²) in [4.78, 5) is 7.89. The van der Waals surface area contributed by atoms with Gasteiger partial charge in [0.1, 0.15) is 12.4 Å². The summed E-state index contributed by atoms with van der Waals surface area (Å²) in [6, 6.07) is 4.27. The van der Waals surface area contributed by atoms with E-state index in [1.165, 1.54) is 11.1 Å². The Kier molecular flexibility index (Phi) is 2.96. The molecule has 0 unspecified atom stereocenters. The topological polar surface area (TPSA) is 37.9 Å². The Morgan fingerprint density at radius 1 is 1.24 bits per heavy atom. The van der Waals surface area contributed by atoms with Crippen molar-refractivity contribution < 1.29 is 4.74 Å². The molecule has 0 atom stereocenters. The van der Waals surface area contributed by atoms with Crippen molar-refractivity contribution in [1.82, 2.24) is 9.97 Å². The Labute approximate surface area is 102 Å². The zero-order chi connectivity index (χ0) is 12.6. The van der Waals surface area contributed by atoms with Gasteiger partial charge < -0.3 is 9.72 Å². The summed E-state index contributed by atoms with van der Waals surface area (Å²) in [5.41, 5.74) is 4.46. The summed E-state index contributed by atoms with van der Waals surface area (Å²) in [6.07, 6.45) is 0. The number of hydrogen-bond donors (Lipinski definition) is 1. The molecule has 0 aliphatic heterocycles. The first-order valence-corrected chi connectivity index (χ1v) is 5.95. The number of imidazole rings is 1. The number of H-pyrrole nitrogens is 1. The van der Waals surface area contributed by atoms with E-state index in [0.29, 0.717) is 6.61 Å². The normalized spacial score (nSPS) is 12.3. The zero-order valence-corrected chi connectivity index (χ0v) is 11.2. The van der Waals surface area contributed by atoms with Gasteiger partial charge in [0.25, 0.3) is 0 Å². The second kappa shape index (κ2) is 4.15. The van der Waals surface area contributed by atoms with Crippen LogP contribution in [-0.2, 0) is 11.3 Å². The van der Waals surface area contributed by atoms with E-state index in [-0.39, 0.29) is 5.60 Å². The number of rotatable bonds is 2. The number of nitrogens with zero attached hydrogens (tertiary/aromatic N) is 1. The monoisotopic (exact) mass is 232 g/mol. The highest BCUT2D eigenvalue weighted by Crippen LogP contribution is 2.19. The summed E-state index contributed by atoms with van der Waals surface area (Å²) < 4.78 is 5.72. The van der Waals surface area contributed by atoms with Gasteiger partial charge >= 0.3 is 0 Å². The minimum Gasteiger partial charge on any atom is -0.368 e. The van der Waals surface area contributed by atoms with E-state index >= 15 is 0 Å². The minimum atomic E-state index is -0.135. The van der Waals surface area contributed by atoms with E-state index in [1.807, 2.05) is 20.8 Å². The third-order valence-corrected chi connectivity index (χ3v) is 2.61. The van der Waals surface area contributed by atoms with Crippen molar-refractivity contribution in [2.45, 2.75) is 46.8 Å². The van der Waals surface area contributed by atoms with Crippen molar-refractivity contribution >= 4 is 11.0 Å². The van der Waals surface area contributed by atoms with Crippen LogP contribution in [0.3, 0.4) is 0 Å². The molecule has 1 aromatic carbocycles. The number of ether oxygens (including phenoxy) is 1. The van der Waals surface area contributed by atoms with Crippen LogP contribution in [0.25, 0.3) is 11.0 Å². The zero-order valence-electron chi connectivity index (χ0n) is 11.2. The fourth-order valence-electron chi connectivity index (χ4n) is 1.88. The lowest BCUT2D eigenvalue weighted by atomic mass is 10.1. The molecule has 0 fully saturated rings. The highest BCUT2D eigenvalue weighted by Gasteiger charge is 2.12. The Bertz CT molecular complexity index is 535. The number of hydrogen-bond acceptors (Lipinski definition) is 2. The van der Waals surface area contributed by atoms with Gasteiger partial charge in [0.05, 0.1) is 16.6 Å². The van der Waals surface area contributed by atoms with E-state index in [4.69, 9.17) is 4.74 Å². The fraction of sp³-hybridized carbons (Fsp3) is 0.500. The van der Waals surface area contributed by atoms with Crippen LogP contribution < -0.4 is 0 Å². The largest absolute Gasteiger partial charge is 0.368 e. The number of benzene rings is 1. The van der Waals surface area contributed by atoms with Crippen LogP contribution in [0.1, 0.15) is 37.7 Å². The molecule has 0 amide bonds. The summed E-state index contributed by atoms with van der Waals surface area (Å²) in [6.45, 7) is 10.8. The maximum Gasteiger partial charge on any atom is 0.133 e. The molecule has 1 N–H and O–H groups in total. The Hall–Kier alpha value is -1.35. The highest BCUT2D eigenvalue weighted by atomic mass is 16.5. The first kappa shape index (κ1) is 12.1. The molecular formula is C14H20N2O. The summed E-state index contributed by atoms with van der Waals surface area (Å²) in [7, 11) is 0.